The van der Waals surface area contributed by atoms with Crippen molar-refractivity contribution >= 4 is 53.9 Å². The van der Waals surface area contributed by atoms with Crippen LogP contribution >= 0.6 is 0 Å². The summed E-state index contributed by atoms with van der Waals surface area (Å²) in [4.78, 5) is 0. The van der Waals surface area contributed by atoms with Crippen molar-refractivity contribution in [2.24, 2.45) is 0 Å². The Kier molecular flexibility index (Phi) is 9.07. The maximum absolute atomic E-state index is 10.8. The van der Waals surface area contributed by atoms with Crippen LogP contribution in [0, 0.1) is 73.0 Å². The highest BCUT2D eigenvalue weighted by atomic mass is 14.4. The molecule has 74 heavy (non-hydrogen) atoms. The van der Waals surface area contributed by atoms with Gasteiger partial charge in [-0.1, -0.05) is 133 Å². The first-order valence-electron chi connectivity index (χ1n) is 24.9. The predicted molar refractivity (Wildman–Crippen MR) is 302 cm³/mol. The number of hydrogen-bond acceptors (Lipinski definition) is 4. The fourth-order valence-electron chi connectivity index (χ4n) is 13.2. The van der Waals surface area contributed by atoms with Gasteiger partial charge in [0.05, 0.1) is 46.5 Å². The molecule has 0 aliphatic heterocycles. The van der Waals surface area contributed by atoms with E-state index in [1.54, 1.807) is 12.1 Å². The van der Waals surface area contributed by atoms with E-state index < -0.39 is 0 Å². The zero-order valence-electron chi connectivity index (χ0n) is 41.0. The van der Waals surface area contributed by atoms with Crippen molar-refractivity contribution in [1.29, 1.82) is 21.0 Å². The number of benzene rings is 12. The molecular formula is C70H40N4. The first-order chi connectivity index (χ1) is 36.2. The fourth-order valence-corrected chi connectivity index (χ4v) is 13.2. The molecule has 0 saturated carbocycles. The molecule has 0 saturated heterocycles. The molecule has 0 aromatic heterocycles. The lowest BCUT2D eigenvalue weighted by molar-refractivity contribution is 1.38. The van der Waals surface area contributed by atoms with Gasteiger partial charge in [0.15, 0.2) is 0 Å². The maximum Gasteiger partial charge on any atom is 0.0998 e. The van der Waals surface area contributed by atoms with Crippen LogP contribution < -0.4 is 0 Å². The summed E-state index contributed by atoms with van der Waals surface area (Å²) in [5.74, 6) is 0. The minimum absolute atomic E-state index is 0.437. The van der Waals surface area contributed by atoms with E-state index in [0.717, 1.165) is 99.1 Å². The number of hydrogen-bond donors (Lipinski definition) is 0. The van der Waals surface area contributed by atoms with Crippen LogP contribution in [0.5, 0.6) is 0 Å². The van der Waals surface area contributed by atoms with Gasteiger partial charge in [0.2, 0.25) is 0 Å². The Morgan fingerprint density at radius 3 is 1.00 bits per heavy atom. The number of fused-ring (bicyclic) bond motifs is 11. The molecule has 0 heterocycles. The minimum atomic E-state index is 0.437. The van der Waals surface area contributed by atoms with Gasteiger partial charge in [0.1, 0.15) is 0 Å². The van der Waals surface area contributed by atoms with Gasteiger partial charge >= 0.3 is 0 Å². The van der Waals surface area contributed by atoms with Crippen molar-refractivity contribution in [2.75, 3.05) is 0 Å². The number of nitriles is 4. The normalized spacial score (nSPS) is 11.7. The van der Waals surface area contributed by atoms with Crippen molar-refractivity contribution < 1.29 is 0 Å². The second-order valence-corrected chi connectivity index (χ2v) is 20.0. The summed E-state index contributed by atoms with van der Waals surface area (Å²) in [7, 11) is 0. The van der Waals surface area contributed by atoms with E-state index >= 15 is 0 Å². The zero-order chi connectivity index (χ0) is 50.3. The molecule has 0 bridgehead atoms. The summed E-state index contributed by atoms with van der Waals surface area (Å²) in [6.45, 7) is 8.73. The Morgan fingerprint density at radius 2 is 0.608 bits per heavy atom. The van der Waals surface area contributed by atoms with E-state index in [1.807, 2.05) is 24.3 Å². The summed E-state index contributed by atoms with van der Waals surface area (Å²) >= 11 is 0. The molecule has 12 aromatic rings. The predicted octanol–water partition coefficient (Wildman–Crippen LogP) is 18.1. The number of nitrogens with zero attached hydrogens (tertiary/aromatic N) is 4. The number of aryl methyl sites for hydroxylation is 4. The van der Waals surface area contributed by atoms with Gasteiger partial charge in [-0.05, 0) is 218 Å². The summed E-state index contributed by atoms with van der Waals surface area (Å²) in [6, 6.07) is 69.4. The van der Waals surface area contributed by atoms with Gasteiger partial charge in [0.25, 0.3) is 0 Å². The minimum Gasteiger partial charge on any atom is -0.192 e. The van der Waals surface area contributed by atoms with Gasteiger partial charge < -0.3 is 0 Å². The van der Waals surface area contributed by atoms with Gasteiger partial charge in [0, 0.05) is 11.1 Å². The molecule has 4 heteroatoms. The largest absolute Gasteiger partial charge is 0.192 e. The summed E-state index contributed by atoms with van der Waals surface area (Å²) in [5, 5.41) is 52.7. The summed E-state index contributed by atoms with van der Waals surface area (Å²) < 4.78 is 0. The van der Waals surface area contributed by atoms with E-state index in [2.05, 4.69) is 185 Å². The van der Waals surface area contributed by atoms with Crippen molar-refractivity contribution in [1.82, 2.24) is 0 Å². The highest BCUT2D eigenvalue weighted by Gasteiger charge is 2.32. The van der Waals surface area contributed by atoms with Crippen LogP contribution in [-0.2, 0) is 0 Å². The van der Waals surface area contributed by atoms with E-state index in [1.165, 1.54) is 66.1 Å². The van der Waals surface area contributed by atoms with Crippen LogP contribution in [0.4, 0.5) is 0 Å². The topological polar surface area (TPSA) is 95.2 Å². The molecule has 0 spiro atoms. The van der Waals surface area contributed by atoms with Gasteiger partial charge in [-0.15, -0.1) is 0 Å². The standard InChI is InChI=1S/C70H40N4/c1-37-9-5-10-38(2)63(37)53-25-27-57-65-49(53)13-7-15-51(65)61-31-59-47-22-24-56-60(48(47)21-23-55(59)67(69(57)61)45-19-17-41(33-71)29-43(45)35-73)32-62-52-16-8-14-50-54(64-39(3)11-6-12-40(64)4)26-28-58(66(50)52)70(62)68(56)46-20-18-42(34-72)30-44(46)36-74/h5-32H,1-4H3. The smallest absolute Gasteiger partial charge is 0.0998 e. The van der Waals surface area contributed by atoms with Crippen LogP contribution in [0.3, 0.4) is 0 Å². The number of rotatable bonds is 4. The van der Waals surface area contributed by atoms with Crippen LogP contribution in [-0.4, -0.2) is 0 Å². The third-order valence-electron chi connectivity index (χ3n) is 16.2. The Labute approximate surface area is 428 Å². The molecule has 14 rings (SSSR count). The monoisotopic (exact) mass is 936 g/mol. The molecule has 0 fully saturated rings. The Morgan fingerprint density at radius 1 is 0.243 bits per heavy atom. The van der Waals surface area contributed by atoms with Gasteiger partial charge in [-0.3, -0.25) is 0 Å². The zero-order valence-corrected chi connectivity index (χ0v) is 41.0. The molecular weight excluding hydrogens is 897 g/mol. The first kappa shape index (κ1) is 42.8. The third kappa shape index (κ3) is 5.75. The van der Waals surface area contributed by atoms with Gasteiger partial charge in [-0.2, -0.15) is 21.0 Å². The summed E-state index contributed by atoms with van der Waals surface area (Å²) in [6.07, 6.45) is 0. The Bertz CT molecular complexity index is 4460. The summed E-state index contributed by atoms with van der Waals surface area (Å²) in [5.41, 5.74) is 23.9. The van der Waals surface area contributed by atoms with Crippen molar-refractivity contribution in [3.05, 3.63) is 214 Å². The molecule has 0 N–H and O–H groups in total. The maximum atomic E-state index is 10.8. The van der Waals surface area contributed by atoms with E-state index in [0.29, 0.717) is 22.3 Å². The van der Waals surface area contributed by atoms with Crippen LogP contribution in [0.15, 0.2) is 170 Å². The molecule has 12 aromatic carbocycles. The average Bonchev–Trinajstić information content (AvgIpc) is 4.06. The molecule has 0 amide bonds. The third-order valence-corrected chi connectivity index (χ3v) is 16.2. The average molecular weight is 937 g/mol. The van der Waals surface area contributed by atoms with Crippen molar-refractivity contribution in [2.45, 2.75) is 27.7 Å². The molecule has 0 atom stereocenters. The highest BCUT2D eigenvalue weighted by molar-refractivity contribution is 6.31. The van der Waals surface area contributed by atoms with E-state index in [9.17, 15) is 21.0 Å². The molecule has 0 radical (unpaired) electrons. The molecule has 2 aliphatic carbocycles. The second kappa shape index (κ2) is 15.7. The van der Waals surface area contributed by atoms with E-state index in [-0.39, 0.29) is 0 Å². The lowest BCUT2D eigenvalue weighted by Gasteiger charge is -2.20. The lowest BCUT2D eigenvalue weighted by atomic mass is 9.82. The van der Waals surface area contributed by atoms with Crippen LogP contribution in [0.1, 0.15) is 44.5 Å². The van der Waals surface area contributed by atoms with E-state index in [4.69, 9.17) is 0 Å². The van der Waals surface area contributed by atoms with Crippen molar-refractivity contribution in [3.63, 3.8) is 0 Å². The fraction of sp³-hybridized carbons (Fsp3) is 0.0571. The Balaban J connectivity index is 1.10. The molecule has 2 aliphatic rings. The Hall–Kier alpha value is -10.1. The molecule has 340 valence electrons. The van der Waals surface area contributed by atoms with Gasteiger partial charge in [-0.25, -0.2) is 0 Å². The molecule has 0 unspecified atom stereocenters. The SMILES string of the molecule is Cc1cccc(C)c1-c1ccc2c3c(cccc13)-c1cc3c(ccc4c5cc6c(c(-c7ccc(C#N)cc7C#N)c5ccc34)-c3ccc(-c4c(C)cccc4C)c4cccc-6c34)c(-c3ccc(C#N)cc3C#N)c1-2. The van der Waals surface area contributed by atoms with Crippen molar-refractivity contribution in [3.8, 4) is 113 Å². The molecule has 4 nitrogen and oxygen atoms in total. The lowest BCUT2D eigenvalue weighted by Crippen LogP contribution is -1.95. The van der Waals surface area contributed by atoms with Crippen LogP contribution in [0.25, 0.3) is 143 Å². The second-order valence-electron chi connectivity index (χ2n) is 20.0. The van der Waals surface area contributed by atoms with Crippen LogP contribution in [0.2, 0.25) is 0 Å². The highest BCUT2D eigenvalue weighted by Crippen LogP contribution is 2.59. The first-order valence-corrected chi connectivity index (χ1v) is 24.9. The quantitative estimate of drug-likeness (QED) is 0.164.